The van der Waals surface area contributed by atoms with Crippen molar-refractivity contribution in [2.45, 2.75) is 30.8 Å². The van der Waals surface area contributed by atoms with E-state index in [1.165, 1.54) is 0 Å². The SMILES string of the molecule is O=C(O)C(O[C@H]1O[C@H](CO)[C@@H](O)[C@@H]1F)C(=O)O. The van der Waals surface area contributed by atoms with E-state index in [0.29, 0.717) is 0 Å². The molecule has 0 aliphatic carbocycles. The number of aliphatic hydroxyl groups is 2. The average molecular weight is 254 g/mol. The molecule has 17 heavy (non-hydrogen) atoms. The van der Waals surface area contributed by atoms with Gasteiger partial charge in [-0.05, 0) is 0 Å². The third kappa shape index (κ3) is 2.88. The van der Waals surface area contributed by atoms with Crippen LogP contribution in [0.5, 0.6) is 0 Å². The third-order valence-electron chi connectivity index (χ3n) is 2.17. The van der Waals surface area contributed by atoms with Gasteiger partial charge in [-0.2, -0.15) is 0 Å². The van der Waals surface area contributed by atoms with Gasteiger partial charge in [0.15, 0.2) is 12.5 Å². The van der Waals surface area contributed by atoms with Crippen LogP contribution in [0.4, 0.5) is 4.39 Å². The molecule has 1 rings (SSSR count). The number of alkyl halides is 1. The number of ether oxygens (including phenoxy) is 2. The van der Waals surface area contributed by atoms with Gasteiger partial charge < -0.3 is 29.9 Å². The zero-order valence-corrected chi connectivity index (χ0v) is 8.39. The van der Waals surface area contributed by atoms with Gasteiger partial charge in [0.25, 0.3) is 6.10 Å². The molecule has 98 valence electrons. The van der Waals surface area contributed by atoms with Crippen LogP contribution in [0, 0.1) is 0 Å². The molecule has 0 amide bonds. The molecule has 0 aromatic rings. The lowest BCUT2D eigenvalue weighted by molar-refractivity contribution is -0.205. The van der Waals surface area contributed by atoms with Gasteiger partial charge in [0.2, 0.25) is 0 Å². The largest absolute Gasteiger partial charge is 0.479 e. The standard InChI is InChI=1S/C8H11FO8/c9-3-4(11)2(1-10)16-8(3)17-5(6(12)13)7(14)15/h2-5,8,10-11H,1H2,(H,12,13)(H,14,15)/t2-,3+,4-,8-/m1/s1. The molecule has 0 spiro atoms. The Morgan fingerprint density at radius 1 is 1.35 bits per heavy atom. The van der Waals surface area contributed by atoms with Crippen LogP contribution in [0.25, 0.3) is 0 Å². The molecule has 0 unspecified atom stereocenters. The summed E-state index contributed by atoms with van der Waals surface area (Å²) in [5.74, 6) is -3.65. The molecule has 4 N–H and O–H groups in total. The minimum atomic E-state index is -2.30. The van der Waals surface area contributed by atoms with E-state index < -0.39 is 49.3 Å². The van der Waals surface area contributed by atoms with Crippen LogP contribution in [0.1, 0.15) is 0 Å². The van der Waals surface area contributed by atoms with E-state index in [4.69, 9.17) is 15.3 Å². The highest BCUT2D eigenvalue weighted by molar-refractivity contribution is 5.96. The van der Waals surface area contributed by atoms with Crippen molar-refractivity contribution in [3.05, 3.63) is 0 Å². The first kappa shape index (κ1) is 13.8. The van der Waals surface area contributed by atoms with Crippen LogP contribution in [-0.2, 0) is 19.1 Å². The Morgan fingerprint density at radius 3 is 2.24 bits per heavy atom. The highest BCUT2D eigenvalue weighted by atomic mass is 19.1. The molecular weight excluding hydrogens is 243 g/mol. The topological polar surface area (TPSA) is 134 Å². The summed E-state index contributed by atoms with van der Waals surface area (Å²) in [7, 11) is 0. The molecule has 0 radical (unpaired) electrons. The van der Waals surface area contributed by atoms with Gasteiger partial charge in [0.05, 0.1) is 6.61 Å². The fourth-order valence-corrected chi connectivity index (χ4v) is 1.31. The molecule has 1 aliphatic rings. The van der Waals surface area contributed by atoms with Crippen LogP contribution in [0.3, 0.4) is 0 Å². The third-order valence-corrected chi connectivity index (χ3v) is 2.17. The predicted octanol–water partition coefficient (Wildman–Crippen LogP) is -2.04. The predicted molar refractivity (Wildman–Crippen MR) is 46.8 cm³/mol. The van der Waals surface area contributed by atoms with E-state index in [1.54, 1.807) is 0 Å². The van der Waals surface area contributed by atoms with Crippen molar-refractivity contribution in [2.24, 2.45) is 0 Å². The summed E-state index contributed by atoms with van der Waals surface area (Å²) in [4.78, 5) is 20.9. The molecule has 1 fully saturated rings. The van der Waals surface area contributed by atoms with E-state index >= 15 is 0 Å². The Balaban J connectivity index is 2.68. The van der Waals surface area contributed by atoms with Crippen LogP contribution in [-0.4, -0.2) is 69.7 Å². The van der Waals surface area contributed by atoms with Gasteiger partial charge in [-0.3, -0.25) is 0 Å². The maximum atomic E-state index is 13.3. The molecule has 1 saturated heterocycles. The van der Waals surface area contributed by atoms with E-state index in [9.17, 15) is 19.1 Å². The lowest BCUT2D eigenvalue weighted by atomic mass is 10.2. The molecule has 1 heterocycles. The van der Waals surface area contributed by atoms with E-state index in [1.807, 2.05) is 0 Å². The maximum Gasteiger partial charge on any atom is 0.344 e. The second kappa shape index (κ2) is 5.36. The summed E-state index contributed by atoms with van der Waals surface area (Å²) in [6.07, 6.45) is -9.26. The highest BCUT2D eigenvalue weighted by Gasteiger charge is 2.47. The van der Waals surface area contributed by atoms with Crippen LogP contribution in [0.2, 0.25) is 0 Å². The van der Waals surface area contributed by atoms with Crippen molar-refractivity contribution in [3.63, 3.8) is 0 Å². The van der Waals surface area contributed by atoms with Crippen LogP contribution < -0.4 is 0 Å². The smallest absolute Gasteiger partial charge is 0.344 e. The number of hydrogen-bond acceptors (Lipinski definition) is 6. The number of hydrogen-bond donors (Lipinski definition) is 4. The average Bonchev–Trinajstić information content (AvgIpc) is 2.52. The lowest BCUT2D eigenvalue weighted by Crippen LogP contribution is -2.39. The second-order valence-electron chi connectivity index (χ2n) is 3.35. The van der Waals surface area contributed by atoms with Crippen LogP contribution >= 0.6 is 0 Å². The zero-order chi connectivity index (χ0) is 13.2. The Kier molecular flexibility index (Phi) is 4.34. The monoisotopic (exact) mass is 254 g/mol. The molecular formula is C8H11FO8. The van der Waals surface area contributed by atoms with Crippen molar-refractivity contribution in [1.29, 1.82) is 0 Å². The fourth-order valence-electron chi connectivity index (χ4n) is 1.31. The van der Waals surface area contributed by atoms with Crippen LogP contribution in [0.15, 0.2) is 0 Å². The summed E-state index contributed by atoms with van der Waals surface area (Å²) in [5.41, 5.74) is 0. The quantitative estimate of drug-likeness (QED) is 0.412. The van der Waals surface area contributed by atoms with Gasteiger partial charge in [0.1, 0.15) is 12.2 Å². The Morgan fingerprint density at radius 2 is 1.88 bits per heavy atom. The minimum Gasteiger partial charge on any atom is -0.479 e. The van der Waals surface area contributed by atoms with Gasteiger partial charge in [-0.25, -0.2) is 14.0 Å². The number of carbonyl (C=O) groups is 2. The lowest BCUT2D eigenvalue weighted by Gasteiger charge is -2.16. The number of aliphatic hydroxyl groups excluding tert-OH is 2. The van der Waals surface area contributed by atoms with Gasteiger partial charge in [0, 0.05) is 0 Å². The number of rotatable bonds is 5. The molecule has 1 aliphatic heterocycles. The number of aliphatic carboxylic acids is 2. The van der Waals surface area contributed by atoms with Gasteiger partial charge >= 0.3 is 11.9 Å². The number of carboxylic acids is 2. The molecule has 0 aromatic carbocycles. The first-order valence-corrected chi connectivity index (χ1v) is 4.58. The molecule has 0 aromatic heterocycles. The molecule has 0 saturated carbocycles. The first-order valence-electron chi connectivity index (χ1n) is 4.58. The Hall–Kier alpha value is -1.29. The zero-order valence-electron chi connectivity index (χ0n) is 8.39. The number of halogens is 1. The van der Waals surface area contributed by atoms with Crippen molar-refractivity contribution in [1.82, 2.24) is 0 Å². The first-order chi connectivity index (χ1) is 7.88. The van der Waals surface area contributed by atoms with E-state index in [-0.39, 0.29) is 0 Å². The van der Waals surface area contributed by atoms with Crippen molar-refractivity contribution in [2.75, 3.05) is 6.61 Å². The van der Waals surface area contributed by atoms with Crippen molar-refractivity contribution < 1.29 is 43.9 Å². The Labute approximate surface area is 94.2 Å². The Bertz CT molecular complexity index is 294. The van der Waals surface area contributed by atoms with Gasteiger partial charge in [-0.1, -0.05) is 0 Å². The van der Waals surface area contributed by atoms with E-state index in [2.05, 4.69) is 9.47 Å². The highest BCUT2D eigenvalue weighted by Crippen LogP contribution is 2.25. The molecule has 4 atom stereocenters. The normalized spacial score (nSPS) is 32.9. The summed E-state index contributed by atoms with van der Waals surface area (Å²) >= 11 is 0. The molecule has 0 bridgehead atoms. The maximum absolute atomic E-state index is 13.3. The summed E-state index contributed by atoms with van der Waals surface area (Å²) in [5, 5.41) is 34.8. The number of carboxylic acid groups (broad SMARTS) is 2. The molecule has 8 nitrogen and oxygen atoms in total. The van der Waals surface area contributed by atoms with E-state index in [0.717, 1.165) is 0 Å². The summed E-state index contributed by atoms with van der Waals surface area (Å²) in [6.45, 7) is -0.702. The van der Waals surface area contributed by atoms with Crippen molar-refractivity contribution >= 4 is 11.9 Å². The summed E-state index contributed by atoms with van der Waals surface area (Å²) in [6, 6.07) is 0. The minimum absolute atomic E-state index is 0.702. The fraction of sp³-hybridized carbons (Fsp3) is 0.750. The molecule has 9 heteroatoms. The second-order valence-corrected chi connectivity index (χ2v) is 3.35. The van der Waals surface area contributed by atoms with Gasteiger partial charge in [-0.15, -0.1) is 0 Å². The van der Waals surface area contributed by atoms with Crippen molar-refractivity contribution in [3.8, 4) is 0 Å². The summed E-state index contributed by atoms with van der Waals surface area (Å²) < 4.78 is 22.3.